The van der Waals surface area contributed by atoms with Crippen molar-refractivity contribution in [1.29, 1.82) is 0 Å². The fourth-order valence-electron chi connectivity index (χ4n) is 1.61. The van der Waals surface area contributed by atoms with E-state index < -0.39 is 0 Å². The minimum Gasteiger partial charge on any atom is -0.495 e. The number of nitrogens with one attached hydrogen (secondary N) is 1. The lowest BCUT2D eigenvalue weighted by Crippen LogP contribution is -2.11. The van der Waals surface area contributed by atoms with E-state index in [4.69, 9.17) is 16.3 Å². The second-order valence-electron chi connectivity index (χ2n) is 3.86. The fraction of sp³-hybridized carbons (Fsp3) is 0.154. The molecule has 0 atom stereocenters. The highest BCUT2D eigenvalue weighted by molar-refractivity contribution is 6.31. The zero-order valence-electron chi connectivity index (χ0n) is 10.1. The van der Waals surface area contributed by atoms with Crippen molar-refractivity contribution < 1.29 is 9.53 Å². The molecule has 0 aliphatic rings. The summed E-state index contributed by atoms with van der Waals surface area (Å²) in [5.74, 6) is 0.375. The topological polar surface area (TPSA) is 43.3 Å². The molecule has 2 aromatic rings. The molecular weight excluding hydrogens is 252 g/mol. The lowest BCUT2D eigenvalue weighted by Gasteiger charge is -2.09. The molecule has 0 aliphatic carbocycles. The zero-order valence-corrected chi connectivity index (χ0v) is 10.9. The highest BCUT2D eigenvalue weighted by Crippen LogP contribution is 2.28. The van der Waals surface area contributed by atoms with Gasteiger partial charge in [0, 0.05) is 24.5 Å². The Hall–Kier alpha value is -1.94. The van der Waals surface area contributed by atoms with Gasteiger partial charge in [0.2, 0.25) is 0 Å². The van der Waals surface area contributed by atoms with Crippen LogP contribution in [0.2, 0.25) is 5.02 Å². The Morgan fingerprint density at radius 2 is 2.17 bits per heavy atom. The van der Waals surface area contributed by atoms with Crippen LogP contribution in [0, 0.1) is 0 Å². The van der Waals surface area contributed by atoms with Gasteiger partial charge in [0.15, 0.2) is 0 Å². The van der Waals surface area contributed by atoms with Crippen molar-refractivity contribution >= 4 is 23.2 Å². The van der Waals surface area contributed by atoms with Gasteiger partial charge in [-0.15, -0.1) is 0 Å². The first-order valence-electron chi connectivity index (χ1n) is 5.37. The van der Waals surface area contributed by atoms with Crippen LogP contribution in [0.1, 0.15) is 10.4 Å². The molecule has 1 aromatic carbocycles. The fourth-order valence-corrected chi connectivity index (χ4v) is 1.78. The lowest BCUT2D eigenvalue weighted by molar-refractivity contribution is 0.102. The van der Waals surface area contributed by atoms with Crippen LogP contribution in [0.3, 0.4) is 0 Å². The standard InChI is InChI=1S/C13H13ClN2O2/c1-16-6-5-9(8-16)13(17)15-11-7-10(14)3-4-12(11)18-2/h3-8H,1-2H3,(H,15,17). The predicted molar refractivity (Wildman–Crippen MR) is 71.4 cm³/mol. The lowest BCUT2D eigenvalue weighted by atomic mass is 10.2. The molecule has 1 amide bonds. The molecule has 18 heavy (non-hydrogen) atoms. The maximum absolute atomic E-state index is 12.0. The van der Waals surface area contributed by atoms with Crippen LogP contribution in [0.5, 0.6) is 5.75 Å². The van der Waals surface area contributed by atoms with Gasteiger partial charge in [0.25, 0.3) is 5.91 Å². The quantitative estimate of drug-likeness (QED) is 0.926. The average Bonchev–Trinajstić information content (AvgIpc) is 2.76. The van der Waals surface area contributed by atoms with Crippen molar-refractivity contribution in [2.24, 2.45) is 7.05 Å². The Bertz CT molecular complexity index is 578. The molecule has 1 aromatic heterocycles. The van der Waals surface area contributed by atoms with E-state index in [1.165, 1.54) is 0 Å². The molecule has 4 nitrogen and oxygen atoms in total. The normalized spacial score (nSPS) is 10.2. The van der Waals surface area contributed by atoms with Crippen LogP contribution in [-0.2, 0) is 7.05 Å². The molecule has 5 heteroatoms. The minimum atomic E-state index is -0.198. The zero-order chi connectivity index (χ0) is 13.1. The smallest absolute Gasteiger partial charge is 0.257 e. The van der Waals surface area contributed by atoms with Gasteiger partial charge >= 0.3 is 0 Å². The van der Waals surface area contributed by atoms with Crippen molar-refractivity contribution in [1.82, 2.24) is 4.57 Å². The number of aromatic nitrogens is 1. The van der Waals surface area contributed by atoms with E-state index in [9.17, 15) is 4.79 Å². The molecule has 0 bridgehead atoms. The summed E-state index contributed by atoms with van der Waals surface area (Å²) >= 11 is 5.90. The van der Waals surface area contributed by atoms with E-state index in [0.29, 0.717) is 22.0 Å². The summed E-state index contributed by atoms with van der Waals surface area (Å²) in [5.41, 5.74) is 1.14. The number of hydrogen-bond acceptors (Lipinski definition) is 2. The van der Waals surface area contributed by atoms with Gasteiger partial charge in [-0.05, 0) is 24.3 Å². The van der Waals surface area contributed by atoms with Crippen LogP contribution >= 0.6 is 11.6 Å². The molecular formula is C13H13ClN2O2. The van der Waals surface area contributed by atoms with E-state index in [2.05, 4.69) is 5.32 Å². The van der Waals surface area contributed by atoms with Crippen molar-refractivity contribution in [3.8, 4) is 5.75 Å². The Labute approximate surface area is 110 Å². The third-order valence-corrected chi connectivity index (χ3v) is 2.74. The third kappa shape index (κ3) is 2.65. The second kappa shape index (κ2) is 5.14. The number of carbonyl (C=O) groups is 1. The molecule has 0 radical (unpaired) electrons. The summed E-state index contributed by atoms with van der Waals surface area (Å²) in [6.45, 7) is 0. The first kappa shape index (κ1) is 12.5. The number of ether oxygens (including phenoxy) is 1. The summed E-state index contributed by atoms with van der Waals surface area (Å²) in [7, 11) is 3.40. The van der Waals surface area contributed by atoms with E-state index in [0.717, 1.165) is 0 Å². The van der Waals surface area contributed by atoms with Crippen molar-refractivity contribution in [3.05, 3.63) is 47.2 Å². The summed E-state index contributed by atoms with van der Waals surface area (Å²) < 4.78 is 6.97. The van der Waals surface area contributed by atoms with Crippen LogP contribution in [0.25, 0.3) is 0 Å². The van der Waals surface area contributed by atoms with E-state index in [-0.39, 0.29) is 5.91 Å². The number of carbonyl (C=O) groups excluding carboxylic acids is 1. The number of aryl methyl sites for hydroxylation is 1. The highest BCUT2D eigenvalue weighted by Gasteiger charge is 2.10. The molecule has 1 heterocycles. The molecule has 94 valence electrons. The van der Waals surface area contributed by atoms with Gasteiger partial charge in [-0.1, -0.05) is 11.6 Å². The summed E-state index contributed by atoms with van der Waals surface area (Å²) in [5, 5.41) is 3.31. The molecule has 2 rings (SSSR count). The SMILES string of the molecule is COc1ccc(Cl)cc1NC(=O)c1ccn(C)c1. The largest absolute Gasteiger partial charge is 0.495 e. The van der Waals surface area contributed by atoms with Crippen LogP contribution in [-0.4, -0.2) is 17.6 Å². The number of nitrogens with zero attached hydrogens (tertiary/aromatic N) is 1. The number of amides is 1. The first-order valence-corrected chi connectivity index (χ1v) is 5.75. The van der Waals surface area contributed by atoms with Gasteiger partial charge in [-0.3, -0.25) is 4.79 Å². The number of anilines is 1. The molecule has 0 spiro atoms. The minimum absolute atomic E-state index is 0.198. The van der Waals surface area contributed by atoms with Gasteiger partial charge in [0.05, 0.1) is 18.4 Å². The second-order valence-corrected chi connectivity index (χ2v) is 4.30. The van der Waals surface area contributed by atoms with Gasteiger partial charge in [-0.2, -0.15) is 0 Å². The predicted octanol–water partition coefficient (Wildman–Crippen LogP) is 2.94. The monoisotopic (exact) mass is 264 g/mol. The number of halogens is 1. The Morgan fingerprint density at radius 3 is 2.78 bits per heavy atom. The summed E-state index contributed by atoms with van der Waals surface area (Å²) in [4.78, 5) is 12.0. The van der Waals surface area contributed by atoms with E-state index >= 15 is 0 Å². The molecule has 1 N–H and O–H groups in total. The number of hydrogen-bond donors (Lipinski definition) is 1. The van der Waals surface area contributed by atoms with Gasteiger partial charge in [0.1, 0.15) is 5.75 Å². The molecule has 0 saturated carbocycles. The van der Waals surface area contributed by atoms with E-state index in [1.807, 2.05) is 17.8 Å². The summed E-state index contributed by atoms with van der Waals surface area (Å²) in [6.07, 6.45) is 3.55. The Kier molecular flexibility index (Phi) is 3.58. The van der Waals surface area contributed by atoms with Crippen LogP contribution in [0.4, 0.5) is 5.69 Å². The van der Waals surface area contributed by atoms with Gasteiger partial charge < -0.3 is 14.6 Å². The number of rotatable bonds is 3. The Balaban J connectivity index is 2.23. The van der Waals surface area contributed by atoms with E-state index in [1.54, 1.807) is 37.6 Å². The molecule has 0 fully saturated rings. The number of benzene rings is 1. The van der Waals surface area contributed by atoms with Crippen LogP contribution < -0.4 is 10.1 Å². The molecule has 0 unspecified atom stereocenters. The first-order chi connectivity index (χ1) is 8.60. The average molecular weight is 265 g/mol. The van der Waals surface area contributed by atoms with Crippen molar-refractivity contribution in [2.75, 3.05) is 12.4 Å². The maximum atomic E-state index is 12.0. The Morgan fingerprint density at radius 1 is 1.39 bits per heavy atom. The van der Waals surface area contributed by atoms with Crippen molar-refractivity contribution in [2.45, 2.75) is 0 Å². The van der Waals surface area contributed by atoms with Crippen LogP contribution in [0.15, 0.2) is 36.7 Å². The maximum Gasteiger partial charge on any atom is 0.257 e. The summed E-state index contributed by atoms with van der Waals surface area (Å²) in [6, 6.07) is 6.81. The van der Waals surface area contributed by atoms with Gasteiger partial charge in [-0.25, -0.2) is 0 Å². The third-order valence-electron chi connectivity index (χ3n) is 2.50. The number of methoxy groups -OCH3 is 1. The van der Waals surface area contributed by atoms with Crippen molar-refractivity contribution in [3.63, 3.8) is 0 Å². The highest BCUT2D eigenvalue weighted by atomic mass is 35.5. The molecule has 0 aliphatic heterocycles. The molecule has 0 saturated heterocycles.